The van der Waals surface area contributed by atoms with Gasteiger partial charge in [-0.3, -0.25) is 0 Å². The summed E-state index contributed by atoms with van der Waals surface area (Å²) < 4.78 is 0.931. The smallest absolute Gasteiger partial charge is 0.130 e. The lowest BCUT2D eigenvalue weighted by molar-refractivity contribution is 0.809. The highest BCUT2D eigenvalue weighted by molar-refractivity contribution is 14.1. The van der Waals surface area contributed by atoms with E-state index in [1.165, 1.54) is 0 Å². The summed E-state index contributed by atoms with van der Waals surface area (Å²) in [6.45, 7) is 3.91. The molecule has 1 aromatic rings. The van der Waals surface area contributed by atoms with E-state index >= 15 is 0 Å². The summed E-state index contributed by atoms with van der Waals surface area (Å²) in [5, 5.41) is 11.1. The molecule has 0 unspecified atom stereocenters. The lowest BCUT2D eigenvalue weighted by Gasteiger charge is -1.95. The first-order valence-electron chi connectivity index (χ1n) is 2.54. The van der Waals surface area contributed by atoms with Gasteiger partial charge in [-0.1, -0.05) is 0 Å². The highest BCUT2D eigenvalue weighted by atomic mass is 127. The maximum absolute atomic E-state index is 3.77. The van der Waals surface area contributed by atoms with Gasteiger partial charge in [0.2, 0.25) is 0 Å². The Hall–Kier alpha value is -0.260. The van der Waals surface area contributed by atoms with Crippen molar-refractivity contribution in [2.45, 2.75) is 13.8 Å². The molecule has 1 aromatic heterocycles. The fraction of sp³-hybridized carbons (Fsp3) is 0.400. The van der Waals surface area contributed by atoms with Gasteiger partial charge in [0.25, 0.3) is 0 Å². The predicted molar refractivity (Wildman–Crippen MR) is 42.0 cm³/mol. The van der Waals surface area contributed by atoms with Crippen molar-refractivity contribution in [1.29, 1.82) is 0 Å². The average Bonchev–Trinajstić information content (AvgIpc) is 1.83. The molecule has 0 spiro atoms. The van der Waals surface area contributed by atoms with Crippen LogP contribution in [0.15, 0.2) is 0 Å². The minimum Gasteiger partial charge on any atom is -0.135 e. The first-order valence-corrected chi connectivity index (χ1v) is 3.61. The molecule has 3 nitrogen and oxygen atoms in total. The zero-order chi connectivity index (χ0) is 6.85. The molecule has 0 amide bonds. The second kappa shape index (κ2) is 2.55. The molecule has 0 aromatic carbocycles. The topological polar surface area (TPSA) is 38.7 Å². The van der Waals surface area contributed by atoms with Crippen LogP contribution in [0.25, 0.3) is 0 Å². The van der Waals surface area contributed by atoms with Crippen LogP contribution >= 0.6 is 22.6 Å². The predicted octanol–water partition coefficient (Wildman–Crippen LogP) is 1.09. The van der Waals surface area contributed by atoms with Crippen LogP contribution in [0.3, 0.4) is 0 Å². The van der Waals surface area contributed by atoms with Crippen LogP contribution in [-0.4, -0.2) is 15.4 Å². The number of rotatable bonds is 0. The van der Waals surface area contributed by atoms with Crippen LogP contribution in [0.4, 0.5) is 0 Å². The third-order valence-corrected chi connectivity index (χ3v) is 2.20. The van der Waals surface area contributed by atoms with Gasteiger partial charge in [-0.25, -0.2) is 0 Å². The van der Waals surface area contributed by atoms with Crippen LogP contribution in [0.2, 0.25) is 0 Å². The quantitative estimate of drug-likeness (QED) is 0.632. The van der Waals surface area contributed by atoms with E-state index in [0.717, 1.165) is 15.0 Å². The van der Waals surface area contributed by atoms with E-state index in [2.05, 4.69) is 38.0 Å². The molecule has 9 heavy (non-hydrogen) atoms. The van der Waals surface area contributed by atoms with Crippen LogP contribution in [0.5, 0.6) is 0 Å². The highest BCUT2D eigenvalue weighted by Crippen LogP contribution is 2.07. The summed E-state index contributed by atoms with van der Waals surface area (Å²) in [6, 6.07) is 0. The van der Waals surface area contributed by atoms with E-state index in [1.54, 1.807) is 0 Å². The summed E-state index contributed by atoms with van der Waals surface area (Å²) in [5.74, 6) is 0. The van der Waals surface area contributed by atoms with Crippen molar-refractivity contribution in [2.24, 2.45) is 0 Å². The molecule has 0 bridgehead atoms. The van der Waals surface area contributed by atoms with Crippen LogP contribution in [-0.2, 0) is 0 Å². The van der Waals surface area contributed by atoms with E-state index in [-0.39, 0.29) is 0 Å². The second-order valence-corrected chi connectivity index (χ2v) is 2.81. The summed E-state index contributed by atoms with van der Waals surface area (Å²) in [7, 11) is 0. The number of nitrogens with zero attached hydrogens (tertiary/aromatic N) is 3. The zero-order valence-corrected chi connectivity index (χ0v) is 7.38. The molecule has 1 rings (SSSR count). The Morgan fingerprint density at radius 1 is 1.22 bits per heavy atom. The molecule has 0 aliphatic heterocycles. The van der Waals surface area contributed by atoms with Gasteiger partial charge in [-0.15, -0.1) is 10.2 Å². The largest absolute Gasteiger partial charge is 0.135 e. The van der Waals surface area contributed by atoms with Crippen molar-refractivity contribution in [3.05, 3.63) is 15.0 Å². The van der Waals surface area contributed by atoms with Crippen LogP contribution in [0.1, 0.15) is 11.3 Å². The second-order valence-electron chi connectivity index (χ2n) is 1.79. The molecule has 0 aliphatic rings. The molecule has 0 saturated carbocycles. The van der Waals surface area contributed by atoms with Gasteiger partial charge in [0, 0.05) is 5.56 Å². The van der Waals surface area contributed by atoms with E-state index in [0.29, 0.717) is 0 Å². The summed E-state index contributed by atoms with van der Waals surface area (Å²) in [4.78, 5) is 0. The molecule has 0 atom stereocenters. The summed E-state index contributed by atoms with van der Waals surface area (Å²) in [5.41, 5.74) is 2.07. The molecule has 0 saturated heterocycles. The maximum Gasteiger partial charge on any atom is 0.130 e. The Morgan fingerprint density at radius 3 is 2.33 bits per heavy atom. The first-order chi connectivity index (χ1) is 4.22. The zero-order valence-electron chi connectivity index (χ0n) is 5.22. The van der Waals surface area contributed by atoms with E-state index in [4.69, 9.17) is 0 Å². The molecule has 0 radical (unpaired) electrons. The van der Waals surface area contributed by atoms with Crippen molar-refractivity contribution in [3.8, 4) is 0 Å². The Morgan fingerprint density at radius 2 is 1.89 bits per heavy atom. The van der Waals surface area contributed by atoms with Gasteiger partial charge < -0.3 is 0 Å². The van der Waals surface area contributed by atoms with Crippen LogP contribution in [0, 0.1) is 17.5 Å². The minimum absolute atomic E-state index is 0.931. The number of hydrogen-bond donors (Lipinski definition) is 0. The standard InChI is InChI=1S/C5H6IN3/c1-3-4(2)7-9-8-5(3)6/h1-2H3. The lowest BCUT2D eigenvalue weighted by atomic mass is 10.3. The number of halogens is 1. The highest BCUT2D eigenvalue weighted by Gasteiger charge is 1.98. The van der Waals surface area contributed by atoms with Gasteiger partial charge in [-0.05, 0) is 41.7 Å². The van der Waals surface area contributed by atoms with E-state index in [9.17, 15) is 0 Å². The Kier molecular flexibility index (Phi) is 1.94. The molecule has 1 heterocycles. The van der Waals surface area contributed by atoms with Gasteiger partial charge >= 0.3 is 0 Å². The average molecular weight is 235 g/mol. The fourth-order valence-electron chi connectivity index (χ4n) is 0.428. The number of aromatic nitrogens is 3. The van der Waals surface area contributed by atoms with Crippen molar-refractivity contribution in [2.75, 3.05) is 0 Å². The Bertz CT molecular complexity index is 203. The fourth-order valence-corrected chi connectivity index (χ4v) is 0.915. The van der Waals surface area contributed by atoms with Gasteiger partial charge in [-0.2, -0.15) is 0 Å². The summed E-state index contributed by atoms with van der Waals surface area (Å²) >= 11 is 2.14. The van der Waals surface area contributed by atoms with Crippen molar-refractivity contribution in [3.63, 3.8) is 0 Å². The van der Waals surface area contributed by atoms with Gasteiger partial charge in [0.1, 0.15) is 3.70 Å². The first kappa shape index (κ1) is 6.85. The van der Waals surface area contributed by atoms with E-state index < -0.39 is 0 Å². The van der Waals surface area contributed by atoms with E-state index in [1.807, 2.05) is 13.8 Å². The Labute approximate surface area is 67.0 Å². The van der Waals surface area contributed by atoms with Crippen molar-refractivity contribution < 1.29 is 0 Å². The van der Waals surface area contributed by atoms with Crippen molar-refractivity contribution >= 4 is 22.6 Å². The summed E-state index contributed by atoms with van der Waals surface area (Å²) in [6.07, 6.45) is 0. The molecular weight excluding hydrogens is 229 g/mol. The maximum atomic E-state index is 3.77. The molecular formula is C5H6IN3. The molecule has 4 heteroatoms. The number of hydrogen-bond acceptors (Lipinski definition) is 3. The third-order valence-electron chi connectivity index (χ3n) is 1.18. The number of aryl methyl sites for hydroxylation is 1. The lowest BCUT2D eigenvalue weighted by Crippen LogP contribution is -1.97. The normalized spacial score (nSPS) is 9.67. The third kappa shape index (κ3) is 1.35. The molecule has 0 aliphatic carbocycles. The van der Waals surface area contributed by atoms with Crippen molar-refractivity contribution in [1.82, 2.24) is 15.4 Å². The molecule has 0 N–H and O–H groups in total. The monoisotopic (exact) mass is 235 g/mol. The van der Waals surface area contributed by atoms with Crippen LogP contribution < -0.4 is 0 Å². The molecule has 48 valence electrons. The minimum atomic E-state index is 0.931. The van der Waals surface area contributed by atoms with Gasteiger partial charge in [0.05, 0.1) is 5.69 Å². The Balaban J connectivity index is 3.25. The SMILES string of the molecule is Cc1nnnc(I)c1C. The van der Waals surface area contributed by atoms with Gasteiger partial charge in [0.15, 0.2) is 0 Å². The molecule has 0 fully saturated rings.